The average molecular weight is 307 g/mol. The van der Waals surface area contributed by atoms with Crippen molar-refractivity contribution < 1.29 is 9.53 Å². The Morgan fingerprint density at radius 1 is 1.36 bits per heavy atom. The zero-order chi connectivity index (χ0) is 16.5. The maximum atomic E-state index is 11.7. The van der Waals surface area contributed by atoms with Crippen molar-refractivity contribution in [1.29, 1.82) is 0 Å². The lowest BCUT2D eigenvalue weighted by Gasteiger charge is -2.12. The fraction of sp³-hybridized carbons (Fsp3) is 0.588. The summed E-state index contributed by atoms with van der Waals surface area (Å²) >= 11 is 0. The summed E-state index contributed by atoms with van der Waals surface area (Å²) in [5, 5.41) is 2.91. The highest BCUT2D eigenvalue weighted by molar-refractivity contribution is 5.76. The number of nitrogens with one attached hydrogen (secondary N) is 1. The summed E-state index contributed by atoms with van der Waals surface area (Å²) in [4.78, 5) is 13.8. The van der Waals surface area contributed by atoms with E-state index >= 15 is 0 Å². The number of aryl methyl sites for hydroxylation is 1. The molecular weight excluding hydrogens is 278 g/mol. The first kappa shape index (κ1) is 18.3. The largest absolute Gasteiger partial charge is 0.491 e. The average Bonchev–Trinajstić information content (AvgIpc) is 2.43. The van der Waals surface area contributed by atoms with Crippen LogP contribution in [0.25, 0.3) is 0 Å². The first-order valence-corrected chi connectivity index (χ1v) is 7.81. The maximum absolute atomic E-state index is 11.7. The molecule has 0 radical (unpaired) electrons. The second kappa shape index (κ2) is 9.30. The number of hydrogen-bond acceptors (Lipinski definition) is 4. The van der Waals surface area contributed by atoms with Crippen molar-refractivity contribution in [2.24, 2.45) is 5.92 Å². The van der Waals surface area contributed by atoms with Gasteiger partial charge in [-0.3, -0.25) is 4.79 Å². The summed E-state index contributed by atoms with van der Waals surface area (Å²) in [6.45, 7) is 6.37. The molecule has 5 nitrogen and oxygen atoms in total. The molecule has 0 saturated heterocycles. The fourth-order valence-corrected chi connectivity index (χ4v) is 1.91. The summed E-state index contributed by atoms with van der Waals surface area (Å²) in [5.74, 6) is 1.25. The van der Waals surface area contributed by atoms with Crippen LogP contribution in [0.15, 0.2) is 18.2 Å². The molecule has 5 heteroatoms. The molecule has 0 aromatic heterocycles. The van der Waals surface area contributed by atoms with E-state index in [1.54, 1.807) is 0 Å². The van der Waals surface area contributed by atoms with Gasteiger partial charge in [-0.1, -0.05) is 19.9 Å². The van der Waals surface area contributed by atoms with Crippen molar-refractivity contribution >= 4 is 11.6 Å². The van der Waals surface area contributed by atoms with Gasteiger partial charge in [0, 0.05) is 19.5 Å². The number of rotatable bonds is 9. The van der Waals surface area contributed by atoms with E-state index in [1.807, 2.05) is 37.2 Å². The van der Waals surface area contributed by atoms with Crippen LogP contribution in [0, 0.1) is 5.92 Å². The predicted octanol–water partition coefficient (Wildman–Crippen LogP) is 1.91. The molecule has 0 heterocycles. The third-order valence-electron chi connectivity index (χ3n) is 3.17. The van der Waals surface area contributed by atoms with Crippen molar-refractivity contribution in [3.63, 3.8) is 0 Å². The van der Waals surface area contributed by atoms with Crippen LogP contribution in [0.2, 0.25) is 0 Å². The zero-order valence-electron chi connectivity index (χ0n) is 14.2. The second-order valence-corrected chi connectivity index (χ2v) is 6.23. The number of benzene rings is 1. The molecule has 0 unspecified atom stereocenters. The van der Waals surface area contributed by atoms with Crippen LogP contribution in [-0.2, 0) is 11.2 Å². The second-order valence-electron chi connectivity index (χ2n) is 6.23. The Labute approximate surface area is 133 Å². The van der Waals surface area contributed by atoms with Crippen molar-refractivity contribution in [1.82, 2.24) is 10.2 Å². The van der Waals surface area contributed by atoms with Crippen LogP contribution < -0.4 is 15.8 Å². The summed E-state index contributed by atoms with van der Waals surface area (Å²) in [6, 6.07) is 5.75. The topological polar surface area (TPSA) is 67.6 Å². The number of likely N-dealkylation sites (N-methyl/N-ethyl adjacent to an activating group) is 1. The van der Waals surface area contributed by atoms with Gasteiger partial charge in [-0.15, -0.1) is 0 Å². The number of carbonyl (C=O) groups is 1. The van der Waals surface area contributed by atoms with E-state index in [0.717, 1.165) is 12.1 Å². The first-order valence-electron chi connectivity index (χ1n) is 7.81. The number of carbonyl (C=O) groups excluding carboxylic acids is 1. The molecule has 0 aliphatic rings. The normalized spacial score (nSPS) is 11.0. The summed E-state index contributed by atoms with van der Waals surface area (Å²) in [6.07, 6.45) is 1.15. The lowest BCUT2D eigenvalue weighted by Crippen LogP contribution is -2.31. The Morgan fingerprint density at radius 3 is 2.68 bits per heavy atom. The molecule has 0 bridgehead atoms. The molecule has 0 saturated carbocycles. The molecule has 1 amide bonds. The molecule has 3 N–H and O–H groups in total. The Kier molecular flexibility index (Phi) is 7.74. The van der Waals surface area contributed by atoms with Gasteiger partial charge in [0.05, 0.1) is 12.3 Å². The number of nitrogens with two attached hydrogens (primary N) is 1. The Morgan fingerprint density at radius 2 is 2.09 bits per heavy atom. The SMILES string of the molecule is CC(C)COc1ccc(CCC(=O)NCCN(C)C)cc1N. The van der Waals surface area contributed by atoms with Gasteiger partial charge in [0.15, 0.2) is 0 Å². The first-order chi connectivity index (χ1) is 10.4. The van der Waals surface area contributed by atoms with Gasteiger partial charge in [0.2, 0.25) is 5.91 Å². The number of anilines is 1. The van der Waals surface area contributed by atoms with E-state index in [2.05, 4.69) is 19.2 Å². The molecule has 0 spiro atoms. The van der Waals surface area contributed by atoms with Gasteiger partial charge >= 0.3 is 0 Å². The third kappa shape index (κ3) is 7.31. The lowest BCUT2D eigenvalue weighted by molar-refractivity contribution is -0.121. The van der Waals surface area contributed by atoms with Gasteiger partial charge in [-0.25, -0.2) is 0 Å². The predicted molar refractivity (Wildman–Crippen MR) is 91.1 cm³/mol. The third-order valence-corrected chi connectivity index (χ3v) is 3.17. The monoisotopic (exact) mass is 307 g/mol. The molecule has 0 atom stereocenters. The molecule has 1 rings (SSSR count). The lowest BCUT2D eigenvalue weighted by atomic mass is 10.1. The van der Waals surface area contributed by atoms with Crippen LogP contribution in [0.4, 0.5) is 5.69 Å². The van der Waals surface area contributed by atoms with Crippen molar-refractivity contribution in [2.75, 3.05) is 39.5 Å². The van der Waals surface area contributed by atoms with Crippen molar-refractivity contribution in [3.8, 4) is 5.75 Å². The highest BCUT2D eigenvalue weighted by atomic mass is 16.5. The van der Waals surface area contributed by atoms with Crippen molar-refractivity contribution in [3.05, 3.63) is 23.8 Å². The smallest absolute Gasteiger partial charge is 0.220 e. The number of nitrogens with zero attached hydrogens (tertiary/aromatic N) is 1. The Balaban J connectivity index is 2.40. The van der Waals surface area contributed by atoms with Gasteiger partial charge in [-0.05, 0) is 44.1 Å². The minimum Gasteiger partial charge on any atom is -0.491 e. The zero-order valence-corrected chi connectivity index (χ0v) is 14.2. The van der Waals surface area contributed by atoms with Gasteiger partial charge in [0.1, 0.15) is 5.75 Å². The Bertz CT molecular complexity index is 473. The summed E-state index contributed by atoms with van der Waals surface area (Å²) < 4.78 is 5.65. The minimum absolute atomic E-state index is 0.0700. The molecule has 22 heavy (non-hydrogen) atoms. The molecule has 1 aromatic carbocycles. The van der Waals surface area contributed by atoms with Gasteiger partial charge in [-0.2, -0.15) is 0 Å². The molecular formula is C17H29N3O2. The van der Waals surface area contributed by atoms with Crippen LogP contribution in [0.5, 0.6) is 5.75 Å². The molecule has 124 valence electrons. The number of ether oxygens (including phenoxy) is 1. The summed E-state index contributed by atoms with van der Waals surface area (Å²) in [7, 11) is 3.97. The summed E-state index contributed by atoms with van der Waals surface area (Å²) in [5.41, 5.74) is 7.68. The Hall–Kier alpha value is -1.75. The minimum atomic E-state index is 0.0700. The number of hydrogen-bond donors (Lipinski definition) is 2. The number of amides is 1. The standard InChI is InChI=1S/C17H29N3O2/c1-13(2)12-22-16-7-5-14(11-15(16)18)6-8-17(21)19-9-10-20(3)4/h5,7,11,13H,6,8-10,12,18H2,1-4H3,(H,19,21). The van der Waals surface area contributed by atoms with E-state index in [4.69, 9.17) is 10.5 Å². The fourth-order valence-electron chi connectivity index (χ4n) is 1.91. The number of nitrogen functional groups attached to an aromatic ring is 1. The van der Waals surface area contributed by atoms with Crippen LogP contribution in [-0.4, -0.2) is 44.6 Å². The van der Waals surface area contributed by atoms with E-state index in [-0.39, 0.29) is 5.91 Å². The van der Waals surface area contributed by atoms with E-state index in [9.17, 15) is 4.79 Å². The highest BCUT2D eigenvalue weighted by Gasteiger charge is 2.06. The van der Waals surface area contributed by atoms with E-state index in [0.29, 0.717) is 43.3 Å². The van der Waals surface area contributed by atoms with Crippen LogP contribution in [0.3, 0.4) is 0 Å². The van der Waals surface area contributed by atoms with Crippen LogP contribution in [0.1, 0.15) is 25.8 Å². The van der Waals surface area contributed by atoms with Crippen molar-refractivity contribution in [2.45, 2.75) is 26.7 Å². The molecule has 0 aliphatic carbocycles. The van der Waals surface area contributed by atoms with Gasteiger partial charge < -0.3 is 20.7 Å². The van der Waals surface area contributed by atoms with Crippen LogP contribution >= 0.6 is 0 Å². The van der Waals surface area contributed by atoms with Gasteiger partial charge in [0.25, 0.3) is 0 Å². The maximum Gasteiger partial charge on any atom is 0.220 e. The quantitative estimate of drug-likeness (QED) is 0.684. The van der Waals surface area contributed by atoms with E-state index in [1.165, 1.54) is 0 Å². The highest BCUT2D eigenvalue weighted by Crippen LogP contribution is 2.23. The molecule has 0 fully saturated rings. The van der Waals surface area contributed by atoms with E-state index < -0.39 is 0 Å². The molecule has 0 aliphatic heterocycles. The molecule has 1 aromatic rings.